The Morgan fingerprint density at radius 2 is 2.33 bits per heavy atom. The Labute approximate surface area is 108 Å². The second-order valence-electron chi connectivity index (χ2n) is 4.05. The van der Waals surface area contributed by atoms with Crippen LogP contribution in [0.25, 0.3) is 0 Å². The summed E-state index contributed by atoms with van der Waals surface area (Å²) < 4.78 is 5.43. The van der Waals surface area contributed by atoms with Crippen LogP contribution in [0.4, 0.5) is 5.69 Å². The molecule has 1 fully saturated rings. The SMILES string of the molecule is COC(=O)Cn1ncc(N2CC(N)C2)c(Cl)c1=O. The van der Waals surface area contributed by atoms with Gasteiger partial charge in [-0.1, -0.05) is 11.6 Å². The standard InChI is InChI=1S/C10H13ClN4O3/c1-18-8(16)5-15-10(17)9(11)7(2-13-15)14-3-6(12)4-14/h2,6H,3-5,12H2,1H3. The molecule has 98 valence electrons. The first kappa shape index (κ1) is 12.8. The van der Waals surface area contributed by atoms with Gasteiger partial charge in [-0.3, -0.25) is 9.59 Å². The number of halogens is 1. The highest BCUT2D eigenvalue weighted by Gasteiger charge is 2.26. The molecular weight excluding hydrogens is 260 g/mol. The molecule has 1 aliphatic heterocycles. The van der Waals surface area contributed by atoms with E-state index in [0.717, 1.165) is 4.68 Å². The summed E-state index contributed by atoms with van der Waals surface area (Å²) in [6.45, 7) is 1.03. The van der Waals surface area contributed by atoms with E-state index >= 15 is 0 Å². The van der Waals surface area contributed by atoms with Crippen LogP contribution in [0.3, 0.4) is 0 Å². The zero-order valence-electron chi connectivity index (χ0n) is 9.80. The molecule has 1 saturated heterocycles. The first-order chi connectivity index (χ1) is 8.52. The molecule has 18 heavy (non-hydrogen) atoms. The van der Waals surface area contributed by atoms with E-state index in [1.165, 1.54) is 13.3 Å². The van der Waals surface area contributed by atoms with E-state index in [-0.39, 0.29) is 17.6 Å². The second-order valence-corrected chi connectivity index (χ2v) is 4.43. The topological polar surface area (TPSA) is 90.5 Å². The fourth-order valence-electron chi connectivity index (χ4n) is 1.69. The highest BCUT2D eigenvalue weighted by Crippen LogP contribution is 2.24. The first-order valence-corrected chi connectivity index (χ1v) is 5.73. The quantitative estimate of drug-likeness (QED) is 0.726. The van der Waals surface area contributed by atoms with Gasteiger partial charge in [0.15, 0.2) is 0 Å². The van der Waals surface area contributed by atoms with Gasteiger partial charge in [0.1, 0.15) is 11.6 Å². The van der Waals surface area contributed by atoms with E-state index < -0.39 is 11.5 Å². The lowest BCUT2D eigenvalue weighted by Gasteiger charge is -2.38. The Morgan fingerprint density at radius 1 is 1.67 bits per heavy atom. The van der Waals surface area contributed by atoms with Gasteiger partial charge in [-0.25, -0.2) is 4.68 Å². The number of ether oxygens (including phenoxy) is 1. The monoisotopic (exact) mass is 272 g/mol. The number of methoxy groups -OCH3 is 1. The van der Waals surface area contributed by atoms with E-state index in [1.807, 2.05) is 4.90 Å². The van der Waals surface area contributed by atoms with Gasteiger partial charge in [-0.05, 0) is 0 Å². The predicted molar refractivity (Wildman–Crippen MR) is 65.7 cm³/mol. The van der Waals surface area contributed by atoms with Crippen molar-refractivity contribution in [2.45, 2.75) is 12.6 Å². The van der Waals surface area contributed by atoms with Crippen LogP contribution in [0.2, 0.25) is 5.02 Å². The molecule has 0 atom stereocenters. The fraction of sp³-hybridized carbons (Fsp3) is 0.500. The maximum atomic E-state index is 11.9. The first-order valence-electron chi connectivity index (χ1n) is 5.36. The molecule has 7 nitrogen and oxygen atoms in total. The van der Waals surface area contributed by atoms with Gasteiger partial charge < -0.3 is 15.4 Å². The van der Waals surface area contributed by atoms with E-state index in [1.54, 1.807) is 0 Å². The Morgan fingerprint density at radius 3 is 2.89 bits per heavy atom. The van der Waals surface area contributed by atoms with Crippen molar-refractivity contribution in [1.29, 1.82) is 0 Å². The Bertz CT molecular complexity index is 524. The summed E-state index contributed by atoms with van der Waals surface area (Å²) in [5.41, 5.74) is 5.69. The number of nitrogens with two attached hydrogens (primary N) is 1. The number of carbonyl (C=O) groups is 1. The lowest BCUT2D eigenvalue weighted by atomic mass is 10.1. The highest BCUT2D eigenvalue weighted by molar-refractivity contribution is 6.33. The van der Waals surface area contributed by atoms with Gasteiger partial charge in [-0.15, -0.1) is 0 Å². The van der Waals surface area contributed by atoms with E-state index in [9.17, 15) is 9.59 Å². The zero-order valence-corrected chi connectivity index (χ0v) is 10.6. The van der Waals surface area contributed by atoms with Gasteiger partial charge in [0.2, 0.25) is 0 Å². The van der Waals surface area contributed by atoms with Crippen LogP contribution in [0, 0.1) is 0 Å². The number of esters is 1. The lowest BCUT2D eigenvalue weighted by molar-refractivity contribution is -0.141. The number of aromatic nitrogens is 2. The molecular formula is C10H13ClN4O3. The second kappa shape index (κ2) is 4.95. The molecule has 0 spiro atoms. The Hall–Kier alpha value is -1.60. The van der Waals surface area contributed by atoms with Crippen LogP contribution in [0.5, 0.6) is 0 Å². The number of nitrogens with zero attached hydrogens (tertiary/aromatic N) is 3. The highest BCUT2D eigenvalue weighted by atomic mass is 35.5. The normalized spacial score (nSPS) is 15.4. The number of hydrogen-bond acceptors (Lipinski definition) is 6. The van der Waals surface area contributed by atoms with Crippen LogP contribution < -0.4 is 16.2 Å². The van der Waals surface area contributed by atoms with Crippen molar-refractivity contribution >= 4 is 23.3 Å². The van der Waals surface area contributed by atoms with Crippen LogP contribution in [-0.4, -0.2) is 42.0 Å². The summed E-state index contributed by atoms with van der Waals surface area (Å²) in [6, 6.07) is 0.0959. The van der Waals surface area contributed by atoms with Gasteiger partial charge in [0.05, 0.1) is 19.0 Å². The van der Waals surface area contributed by atoms with E-state index in [2.05, 4.69) is 9.84 Å². The van der Waals surface area contributed by atoms with Gasteiger partial charge in [0, 0.05) is 19.1 Å². The summed E-state index contributed by atoms with van der Waals surface area (Å²) in [7, 11) is 1.24. The molecule has 2 N–H and O–H groups in total. The Kier molecular flexibility index (Phi) is 3.53. The molecule has 2 heterocycles. The van der Waals surface area contributed by atoms with E-state index in [4.69, 9.17) is 17.3 Å². The van der Waals surface area contributed by atoms with Crippen molar-refractivity contribution in [3.05, 3.63) is 21.6 Å². The molecule has 0 bridgehead atoms. The molecule has 0 aliphatic carbocycles. The molecule has 1 aliphatic rings. The smallest absolute Gasteiger partial charge is 0.327 e. The average Bonchev–Trinajstić information content (AvgIpc) is 2.32. The molecule has 0 aromatic carbocycles. The van der Waals surface area contributed by atoms with Crippen molar-refractivity contribution in [2.24, 2.45) is 5.73 Å². The van der Waals surface area contributed by atoms with Gasteiger partial charge in [-0.2, -0.15) is 5.10 Å². The minimum Gasteiger partial charge on any atom is -0.468 e. The predicted octanol–water partition coefficient (Wildman–Crippen LogP) is -0.783. The molecule has 0 saturated carbocycles. The van der Waals surface area contributed by atoms with Crippen molar-refractivity contribution < 1.29 is 9.53 Å². The maximum absolute atomic E-state index is 11.9. The van der Waals surface area contributed by atoms with Crippen LogP contribution in [0.1, 0.15) is 0 Å². The number of rotatable bonds is 3. The van der Waals surface area contributed by atoms with Crippen LogP contribution in [0.15, 0.2) is 11.0 Å². The number of hydrogen-bond donors (Lipinski definition) is 1. The average molecular weight is 273 g/mol. The lowest BCUT2D eigenvalue weighted by Crippen LogP contribution is -2.56. The van der Waals surface area contributed by atoms with Crippen LogP contribution in [-0.2, 0) is 16.1 Å². The molecule has 2 rings (SSSR count). The summed E-state index contributed by atoms with van der Waals surface area (Å²) in [5, 5.41) is 3.93. The van der Waals surface area contributed by atoms with Gasteiger partial charge >= 0.3 is 5.97 Å². The molecule has 8 heteroatoms. The summed E-state index contributed by atoms with van der Waals surface area (Å²) in [6.07, 6.45) is 1.46. The minimum absolute atomic E-state index is 0.0424. The van der Waals surface area contributed by atoms with Gasteiger partial charge in [0.25, 0.3) is 5.56 Å². The summed E-state index contributed by atoms with van der Waals surface area (Å²) in [4.78, 5) is 24.8. The molecule has 1 aromatic rings. The largest absolute Gasteiger partial charge is 0.468 e. The molecule has 0 unspecified atom stereocenters. The fourth-order valence-corrected chi connectivity index (χ4v) is 1.95. The minimum atomic E-state index is -0.556. The summed E-state index contributed by atoms with van der Waals surface area (Å²) in [5.74, 6) is -0.556. The zero-order chi connectivity index (χ0) is 13.3. The third kappa shape index (κ3) is 2.32. The maximum Gasteiger partial charge on any atom is 0.327 e. The van der Waals surface area contributed by atoms with Crippen molar-refractivity contribution in [3.63, 3.8) is 0 Å². The van der Waals surface area contributed by atoms with Crippen molar-refractivity contribution in [1.82, 2.24) is 9.78 Å². The van der Waals surface area contributed by atoms with Crippen LogP contribution >= 0.6 is 11.6 Å². The third-order valence-corrected chi connectivity index (χ3v) is 3.08. The molecule has 0 radical (unpaired) electrons. The molecule has 1 aromatic heterocycles. The van der Waals surface area contributed by atoms with Crippen molar-refractivity contribution in [2.75, 3.05) is 25.1 Å². The number of carbonyl (C=O) groups excluding carboxylic acids is 1. The summed E-state index contributed by atoms with van der Waals surface area (Å²) >= 11 is 5.97. The van der Waals surface area contributed by atoms with E-state index in [0.29, 0.717) is 18.8 Å². The number of anilines is 1. The third-order valence-electron chi connectivity index (χ3n) is 2.72. The van der Waals surface area contributed by atoms with Crippen molar-refractivity contribution in [3.8, 4) is 0 Å². The Balaban J connectivity index is 2.24. The molecule has 0 amide bonds.